The first-order valence-corrected chi connectivity index (χ1v) is 6.87. The van der Waals surface area contributed by atoms with Gasteiger partial charge in [0.25, 0.3) is 0 Å². The summed E-state index contributed by atoms with van der Waals surface area (Å²) in [4.78, 5) is 11.2. The molecular weight excluding hydrogens is 317 g/mol. The summed E-state index contributed by atoms with van der Waals surface area (Å²) in [6.45, 7) is 0.692. The molecule has 1 aromatic carbocycles. The summed E-state index contributed by atoms with van der Waals surface area (Å²) in [5.41, 5.74) is 1.20. The average Bonchev–Trinajstić information content (AvgIpc) is 2.82. The zero-order chi connectivity index (χ0) is 15.4. The molecule has 0 saturated heterocycles. The van der Waals surface area contributed by atoms with Crippen LogP contribution in [0.2, 0.25) is 10.0 Å². The molecule has 0 spiro atoms. The Hall–Kier alpha value is -1.63. The van der Waals surface area contributed by atoms with Gasteiger partial charge in [-0.3, -0.25) is 0 Å². The molecule has 0 aliphatic rings. The number of benzene rings is 1. The summed E-state index contributed by atoms with van der Waals surface area (Å²) in [5, 5.41) is 17.8. The molecule has 21 heavy (non-hydrogen) atoms. The number of methoxy groups -OCH3 is 1. The minimum atomic E-state index is -1.12. The number of nitrogens with zero attached hydrogens (tertiary/aromatic N) is 3. The maximum Gasteiger partial charge on any atom is 0.358 e. The van der Waals surface area contributed by atoms with Crippen LogP contribution in [0.1, 0.15) is 21.7 Å². The topological polar surface area (TPSA) is 77.2 Å². The molecule has 112 valence electrons. The van der Waals surface area contributed by atoms with E-state index in [1.54, 1.807) is 25.3 Å². The molecule has 0 saturated carbocycles. The molecule has 0 aliphatic carbocycles. The molecule has 6 nitrogen and oxygen atoms in total. The van der Waals surface area contributed by atoms with Crippen molar-refractivity contribution in [3.8, 4) is 0 Å². The van der Waals surface area contributed by atoms with Gasteiger partial charge in [-0.2, -0.15) is 0 Å². The molecule has 0 bridgehead atoms. The maximum atomic E-state index is 11.2. The quantitative estimate of drug-likeness (QED) is 0.881. The molecular formula is C13H13Cl2N3O3. The first-order valence-electron chi connectivity index (χ1n) is 6.11. The number of carboxylic acid groups (broad SMARTS) is 1. The van der Waals surface area contributed by atoms with E-state index in [1.165, 1.54) is 4.68 Å². The molecule has 0 atom stereocenters. The van der Waals surface area contributed by atoms with E-state index in [0.717, 1.165) is 5.56 Å². The van der Waals surface area contributed by atoms with Gasteiger partial charge in [-0.05, 0) is 17.7 Å². The SMILES string of the molecule is COCCc1c(C(=O)O)nnn1Cc1ccc(Cl)cc1Cl. The van der Waals surface area contributed by atoms with Crippen LogP contribution in [0.15, 0.2) is 18.2 Å². The maximum absolute atomic E-state index is 11.2. The van der Waals surface area contributed by atoms with Crippen molar-refractivity contribution >= 4 is 29.2 Å². The van der Waals surface area contributed by atoms with Gasteiger partial charge < -0.3 is 9.84 Å². The van der Waals surface area contributed by atoms with Gasteiger partial charge in [-0.15, -0.1) is 5.10 Å². The average molecular weight is 330 g/mol. The first kappa shape index (κ1) is 15.8. The van der Waals surface area contributed by atoms with E-state index in [4.69, 9.17) is 33.0 Å². The number of rotatable bonds is 6. The van der Waals surface area contributed by atoms with Crippen molar-refractivity contribution in [1.82, 2.24) is 15.0 Å². The van der Waals surface area contributed by atoms with Crippen LogP contribution in [0.25, 0.3) is 0 Å². The Kier molecular flexibility index (Phi) is 5.17. The van der Waals surface area contributed by atoms with E-state index >= 15 is 0 Å². The summed E-state index contributed by atoms with van der Waals surface area (Å²) >= 11 is 12.0. The number of hydrogen-bond donors (Lipinski definition) is 1. The lowest BCUT2D eigenvalue weighted by Gasteiger charge is -2.08. The Morgan fingerprint density at radius 1 is 1.43 bits per heavy atom. The van der Waals surface area contributed by atoms with Crippen LogP contribution in [0.5, 0.6) is 0 Å². The lowest BCUT2D eigenvalue weighted by Crippen LogP contribution is -2.12. The Labute approximate surface area is 131 Å². The lowest BCUT2D eigenvalue weighted by molar-refractivity contribution is 0.0688. The van der Waals surface area contributed by atoms with E-state index in [2.05, 4.69) is 10.3 Å². The number of halogens is 2. The van der Waals surface area contributed by atoms with E-state index in [-0.39, 0.29) is 5.69 Å². The Balaban J connectivity index is 2.32. The van der Waals surface area contributed by atoms with Crippen LogP contribution < -0.4 is 0 Å². The van der Waals surface area contributed by atoms with Crippen LogP contribution >= 0.6 is 23.2 Å². The van der Waals surface area contributed by atoms with Crippen molar-refractivity contribution in [2.75, 3.05) is 13.7 Å². The first-order chi connectivity index (χ1) is 10.0. The van der Waals surface area contributed by atoms with Crippen molar-refractivity contribution in [1.29, 1.82) is 0 Å². The number of carbonyl (C=O) groups is 1. The number of aromatic carboxylic acids is 1. The van der Waals surface area contributed by atoms with Gasteiger partial charge in [0.1, 0.15) is 0 Å². The van der Waals surface area contributed by atoms with Crippen molar-refractivity contribution in [2.24, 2.45) is 0 Å². The van der Waals surface area contributed by atoms with Crippen molar-refractivity contribution < 1.29 is 14.6 Å². The summed E-state index contributed by atoms with van der Waals surface area (Å²) in [6.07, 6.45) is 0.399. The molecule has 2 rings (SSSR count). The lowest BCUT2D eigenvalue weighted by atomic mass is 10.2. The Morgan fingerprint density at radius 3 is 2.81 bits per heavy atom. The van der Waals surface area contributed by atoms with E-state index in [0.29, 0.717) is 35.3 Å². The fraction of sp³-hybridized carbons (Fsp3) is 0.308. The van der Waals surface area contributed by atoms with E-state index < -0.39 is 5.97 Å². The van der Waals surface area contributed by atoms with E-state index in [1.807, 2.05) is 0 Å². The minimum Gasteiger partial charge on any atom is -0.476 e. The van der Waals surface area contributed by atoms with Crippen molar-refractivity contribution in [2.45, 2.75) is 13.0 Å². The second-order valence-electron chi connectivity index (χ2n) is 4.33. The normalized spacial score (nSPS) is 10.8. The third kappa shape index (κ3) is 3.72. The van der Waals surface area contributed by atoms with Crippen LogP contribution in [0.4, 0.5) is 0 Å². The highest BCUT2D eigenvalue weighted by Gasteiger charge is 2.19. The second kappa shape index (κ2) is 6.89. The molecule has 2 aromatic rings. The highest BCUT2D eigenvalue weighted by molar-refractivity contribution is 6.35. The number of ether oxygens (including phenoxy) is 1. The zero-order valence-electron chi connectivity index (χ0n) is 11.2. The van der Waals surface area contributed by atoms with Crippen LogP contribution in [0.3, 0.4) is 0 Å². The fourth-order valence-electron chi connectivity index (χ4n) is 1.88. The fourth-order valence-corrected chi connectivity index (χ4v) is 2.35. The minimum absolute atomic E-state index is 0.0721. The summed E-state index contributed by atoms with van der Waals surface area (Å²) in [6, 6.07) is 5.11. The Morgan fingerprint density at radius 2 is 2.19 bits per heavy atom. The van der Waals surface area contributed by atoms with Gasteiger partial charge in [-0.25, -0.2) is 9.48 Å². The molecule has 0 aliphatic heterocycles. The molecule has 0 radical (unpaired) electrons. The van der Waals surface area contributed by atoms with Gasteiger partial charge in [0.15, 0.2) is 5.69 Å². The van der Waals surface area contributed by atoms with Crippen LogP contribution in [-0.4, -0.2) is 39.8 Å². The number of aromatic nitrogens is 3. The smallest absolute Gasteiger partial charge is 0.358 e. The van der Waals surface area contributed by atoms with Crippen LogP contribution in [-0.2, 0) is 17.7 Å². The van der Waals surface area contributed by atoms with Crippen molar-refractivity contribution in [3.63, 3.8) is 0 Å². The molecule has 0 fully saturated rings. The third-order valence-electron chi connectivity index (χ3n) is 2.92. The summed E-state index contributed by atoms with van der Waals surface area (Å²) in [7, 11) is 1.55. The predicted octanol–water partition coefficient (Wildman–Crippen LogP) is 2.52. The summed E-state index contributed by atoms with van der Waals surface area (Å²) in [5.74, 6) is -1.12. The molecule has 8 heteroatoms. The zero-order valence-corrected chi connectivity index (χ0v) is 12.7. The van der Waals surface area contributed by atoms with Gasteiger partial charge in [0.05, 0.1) is 18.8 Å². The third-order valence-corrected chi connectivity index (χ3v) is 3.51. The predicted molar refractivity (Wildman–Crippen MR) is 78.1 cm³/mol. The largest absolute Gasteiger partial charge is 0.476 e. The Bertz CT molecular complexity index is 658. The summed E-state index contributed by atoms with van der Waals surface area (Å²) < 4.78 is 6.50. The molecule has 1 heterocycles. The number of carboxylic acids is 1. The highest BCUT2D eigenvalue weighted by Crippen LogP contribution is 2.22. The molecule has 1 aromatic heterocycles. The van der Waals surface area contributed by atoms with Gasteiger partial charge in [-0.1, -0.05) is 34.5 Å². The highest BCUT2D eigenvalue weighted by atomic mass is 35.5. The second-order valence-corrected chi connectivity index (χ2v) is 5.17. The van der Waals surface area contributed by atoms with E-state index in [9.17, 15) is 4.79 Å². The monoisotopic (exact) mass is 329 g/mol. The molecule has 0 unspecified atom stereocenters. The van der Waals surface area contributed by atoms with Gasteiger partial charge >= 0.3 is 5.97 Å². The molecule has 1 N–H and O–H groups in total. The van der Waals surface area contributed by atoms with Crippen molar-refractivity contribution in [3.05, 3.63) is 45.2 Å². The standard InChI is InChI=1S/C13H13Cl2N3O3/c1-21-5-4-11-12(13(19)20)16-17-18(11)7-8-2-3-9(14)6-10(8)15/h2-3,6H,4-5,7H2,1H3,(H,19,20). The van der Waals surface area contributed by atoms with Gasteiger partial charge in [0, 0.05) is 23.6 Å². The number of hydrogen-bond acceptors (Lipinski definition) is 4. The van der Waals surface area contributed by atoms with Crippen LogP contribution in [0, 0.1) is 0 Å². The van der Waals surface area contributed by atoms with Gasteiger partial charge in [0.2, 0.25) is 0 Å². The molecule has 0 amide bonds.